The van der Waals surface area contributed by atoms with E-state index in [0.29, 0.717) is 158 Å². The van der Waals surface area contributed by atoms with E-state index in [-0.39, 0.29) is 51.2 Å². The van der Waals surface area contributed by atoms with Gasteiger partial charge in [-0.2, -0.15) is 0 Å². The normalized spacial score (nSPS) is 19.6. The number of carbonyl (C=O) groups is 4. The maximum Gasteiger partial charge on any atom is 0.490 e. The molecule has 8 heterocycles. The Bertz CT molecular complexity index is 4730. The first-order valence-corrected chi connectivity index (χ1v) is 45.6. The summed E-state index contributed by atoms with van der Waals surface area (Å²) in [6.07, 6.45) is 15.4. The molecule has 35 heteroatoms. The summed E-state index contributed by atoms with van der Waals surface area (Å²) in [4.78, 5) is 54.1. The van der Waals surface area contributed by atoms with Crippen molar-refractivity contribution in [2.24, 2.45) is 56.2 Å². The van der Waals surface area contributed by atoms with Gasteiger partial charge in [0.05, 0.1) is 41.3 Å². The van der Waals surface area contributed by atoms with Gasteiger partial charge in [-0.15, -0.1) is 40.8 Å². The quantitative estimate of drug-likeness (QED) is 0.0397. The summed E-state index contributed by atoms with van der Waals surface area (Å²) in [5.74, 6) is 2.63. The predicted molar refractivity (Wildman–Crippen MR) is 491 cm³/mol. The average molecular weight is 1880 g/mol. The molecule has 7 aromatic rings. The molecule has 4 saturated carbocycles. The van der Waals surface area contributed by atoms with Gasteiger partial charge < -0.3 is 73.7 Å². The molecule has 8 aliphatic rings. The fourth-order valence-electron chi connectivity index (χ4n) is 15.9. The molecule has 5 N–H and O–H groups in total. The fraction of sp³-hybridized carbons (Fsp3) is 0.591. The predicted octanol–water partition coefficient (Wildman–Crippen LogP) is 19.3. The summed E-state index contributed by atoms with van der Waals surface area (Å²) in [5, 5.41) is 59.3. The van der Waals surface area contributed by atoms with E-state index in [1.807, 2.05) is 88.0 Å². The number of aromatic nitrogens is 8. The highest BCUT2D eigenvalue weighted by Crippen LogP contribution is 2.62. The van der Waals surface area contributed by atoms with Crippen molar-refractivity contribution in [2.45, 2.75) is 211 Å². The second kappa shape index (κ2) is 44.8. The first-order chi connectivity index (χ1) is 60.0. The highest BCUT2D eigenvalue weighted by molar-refractivity contribution is 6.62. The van der Waals surface area contributed by atoms with Crippen LogP contribution in [0, 0.1) is 73.6 Å². The molecule has 128 heavy (non-hydrogen) atoms. The third-order valence-corrected chi connectivity index (χ3v) is 25.5. The number of anilines is 1. The number of likely N-dealkylation sites (tertiary alicyclic amines) is 4. The number of aldehydes is 1. The summed E-state index contributed by atoms with van der Waals surface area (Å²) >= 11 is 28.9. The summed E-state index contributed by atoms with van der Waals surface area (Å²) in [6.45, 7) is 40.4. The summed E-state index contributed by atoms with van der Waals surface area (Å²) < 4.78 is 73.2. The molecule has 0 radical (unpaired) electrons. The molecular weight excluding hydrogens is 1750 g/mol. The van der Waals surface area contributed by atoms with Crippen LogP contribution >= 0.6 is 58.0 Å². The van der Waals surface area contributed by atoms with Gasteiger partial charge in [0.2, 0.25) is 17.6 Å². The second-order valence-electron chi connectivity index (χ2n) is 39.9. The first kappa shape index (κ1) is 104. The lowest BCUT2D eigenvalue weighted by Gasteiger charge is -2.34. The van der Waals surface area contributed by atoms with Crippen molar-refractivity contribution in [2.75, 3.05) is 91.1 Å². The zero-order chi connectivity index (χ0) is 94.0. The third kappa shape index (κ3) is 33.0. The van der Waals surface area contributed by atoms with Crippen LogP contribution in [-0.2, 0) is 19.0 Å². The number of rotatable bonds is 16. The van der Waals surface area contributed by atoms with E-state index >= 15 is 0 Å². The van der Waals surface area contributed by atoms with E-state index in [9.17, 15) is 32.3 Å². The maximum atomic E-state index is 13.5. The minimum Gasteiger partial charge on any atom is -0.476 e. The number of nitrogen functional groups attached to an aromatic ring is 1. The lowest BCUT2D eigenvalue weighted by atomic mass is 9.80. The molecule has 4 atom stereocenters. The Hall–Kier alpha value is -8.20. The van der Waals surface area contributed by atoms with Crippen molar-refractivity contribution in [1.82, 2.24) is 60.4 Å². The number of benzene rings is 3. The molecule has 700 valence electrons. The number of aliphatic hydroxyl groups is 1. The molecule has 4 aliphatic heterocycles. The fourth-order valence-corrected chi connectivity index (χ4v) is 16.8. The Balaban J connectivity index is 0.000000178. The monoisotopic (exact) mass is 1880 g/mol. The molecule has 26 nitrogen and oxygen atoms in total. The Labute approximate surface area is 776 Å². The Morgan fingerprint density at radius 3 is 1.06 bits per heavy atom. The van der Waals surface area contributed by atoms with Crippen LogP contribution in [0.3, 0.4) is 0 Å². The standard InChI is InChI=1S/C24H31ClFN3O.C23H27ClFN3O3.C17H24ClN3O3.C13H23NO3.C6H5BClFO2.C6H12O.C4H4ClN3/c1-23(2,3)8-11-29-12-9-24(10-13-29)15-17(24)16-30-22-7-6-21(27-28-22)19-14-18(26)4-5-20(19)25;1-22(2,3)31-21(29)28-10-8-23(9-11-28)13-15(23)14-30-20-7-6-19(26-27-20)17-12-16(25)4-5-18(17)24;1-16(2,3)24-15(22)21-8-6-17(7-9-21)10-12(17)11-23-14-5-4-13(18)19-20-14;1-12(2,3)17-11(16)14-6-4-13(5-7-14)8-10(13)9-15;8-6-2-1-4(9)3-5(6)7(10)11;1-6(2,3)4-5-7;5-3-1-2-4(6)8-7-3/h4-7,14,17H,8-13,15-16H2,1-3H3;4-7,12,15H,8-11,13-14H2,1-3H3;4-5,12H,6-11H2,1-3H3;10,15H,4-9H2,1-3H3;1-3,10-11H;5H,4H2,1-3H3;1-2H,(H2,6,8). The third-order valence-electron chi connectivity index (χ3n) is 24.1. The van der Waals surface area contributed by atoms with Crippen molar-refractivity contribution in [1.29, 1.82) is 0 Å². The van der Waals surface area contributed by atoms with Gasteiger partial charge in [0.1, 0.15) is 46.4 Å². The van der Waals surface area contributed by atoms with Gasteiger partial charge in [-0.3, -0.25) is 0 Å². The molecule has 8 fully saturated rings. The molecule has 4 saturated heterocycles. The van der Waals surface area contributed by atoms with Gasteiger partial charge in [0.25, 0.3) is 0 Å². The summed E-state index contributed by atoms with van der Waals surface area (Å²) in [5.41, 5.74) is 7.88. The minimum absolute atomic E-state index is 0.0216. The van der Waals surface area contributed by atoms with E-state index in [0.717, 1.165) is 102 Å². The smallest absolute Gasteiger partial charge is 0.476 e. The Morgan fingerprint density at radius 2 is 0.781 bits per heavy atom. The van der Waals surface area contributed by atoms with Gasteiger partial charge in [-0.25, -0.2) is 27.6 Å². The van der Waals surface area contributed by atoms with Crippen molar-refractivity contribution in [3.63, 3.8) is 0 Å². The zero-order valence-corrected chi connectivity index (χ0v) is 80.0. The number of hydrogen-bond acceptors (Lipinski definition) is 23. The van der Waals surface area contributed by atoms with Crippen LogP contribution in [0.15, 0.2) is 103 Å². The van der Waals surface area contributed by atoms with Crippen molar-refractivity contribution < 1.29 is 75.9 Å². The van der Waals surface area contributed by atoms with Gasteiger partial charge in [0, 0.05) is 92.1 Å². The van der Waals surface area contributed by atoms with E-state index in [4.69, 9.17) is 107 Å². The van der Waals surface area contributed by atoms with Crippen LogP contribution in [0.5, 0.6) is 17.6 Å². The molecule has 15 rings (SSSR count). The average Bonchev–Trinajstić information content (AvgIpc) is 1.59. The van der Waals surface area contributed by atoms with Crippen LogP contribution in [0.25, 0.3) is 22.5 Å². The van der Waals surface area contributed by atoms with E-state index in [1.54, 1.807) is 58.3 Å². The Morgan fingerprint density at radius 1 is 0.445 bits per heavy atom. The number of piperidine rings is 4. The molecule has 3 amide bonds. The summed E-state index contributed by atoms with van der Waals surface area (Å²) in [7, 11) is -1.72. The molecule has 3 aromatic carbocycles. The number of amides is 3. The number of halogens is 8. The van der Waals surface area contributed by atoms with E-state index in [2.05, 4.69) is 66.5 Å². The second-order valence-corrected chi connectivity index (χ2v) is 41.9. The van der Waals surface area contributed by atoms with Gasteiger partial charge in [0.15, 0.2) is 10.3 Å². The van der Waals surface area contributed by atoms with Crippen LogP contribution in [0.2, 0.25) is 25.4 Å². The van der Waals surface area contributed by atoms with E-state index in [1.165, 1.54) is 87.8 Å². The molecule has 4 unspecified atom stereocenters. The van der Waals surface area contributed by atoms with E-state index < -0.39 is 29.7 Å². The lowest BCUT2D eigenvalue weighted by Crippen LogP contribution is -2.42. The number of carbonyl (C=O) groups excluding carboxylic acids is 4. The number of ether oxygens (including phenoxy) is 6. The molecule has 4 aromatic heterocycles. The molecule has 4 aliphatic carbocycles. The SMILES string of the molecule is CC(C)(C)CC=O.CC(C)(C)CCN1CCC2(CC1)CC2COc1ccc(-c2cc(F)ccc2Cl)nn1.CC(C)(C)OC(=O)N1CCC2(CC1)CC2CO.CC(C)(C)OC(=O)N1CCC2(CC1)CC2COc1ccc(-c2cc(F)ccc2Cl)nn1.CC(C)(C)OC(=O)N1CCC2(CC1)CC2COc1ccc(Cl)nn1.Nc1ccc(Cl)nn1.OB(O)c1cc(F)ccc1Cl. The van der Waals surface area contributed by atoms with Crippen LogP contribution in [0.1, 0.15) is 194 Å². The highest BCUT2D eigenvalue weighted by atomic mass is 35.5. The van der Waals surface area contributed by atoms with Crippen molar-refractivity contribution in [3.8, 4) is 40.2 Å². The number of hydrogen-bond donors (Lipinski definition) is 4. The van der Waals surface area contributed by atoms with Crippen molar-refractivity contribution in [3.05, 3.63) is 146 Å². The number of nitrogens with zero attached hydrogens (tertiary/aromatic N) is 12. The lowest BCUT2D eigenvalue weighted by molar-refractivity contribution is -0.109. The Kier molecular flexibility index (Phi) is 36.2. The molecule has 0 bridgehead atoms. The van der Waals surface area contributed by atoms with Gasteiger partial charge in [-0.05, 0) is 307 Å². The topological polar surface area (TPSA) is 326 Å². The van der Waals surface area contributed by atoms with Crippen LogP contribution < -0.4 is 25.4 Å². The number of nitrogens with two attached hydrogens (primary N) is 1. The van der Waals surface area contributed by atoms with Gasteiger partial charge >= 0.3 is 25.4 Å². The maximum absolute atomic E-state index is 13.5. The highest BCUT2D eigenvalue weighted by Gasteiger charge is 2.58. The molecular formula is C93H126BCl5F3N13O13. The first-order valence-electron chi connectivity index (χ1n) is 43.7. The minimum atomic E-state index is -1.72. The van der Waals surface area contributed by atoms with Crippen molar-refractivity contribution >= 4 is 101 Å². The van der Waals surface area contributed by atoms with Gasteiger partial charge in [-0.1, -0.05) is 99.5 Å². The van der Waals surface area contributed by atoms with Crippen LogP contribution in [0.4, 0.5) is 33.4 Å². The summed E-state index contributed by atoms with van der Waals surface area (Å²) in [6, 6.07) is 25.4. The van der Waals surface area contributed by atoms with Crippen LogP contribution in [-0.4, -0.2) is 209 Å². The number of aliphatic hydroxyl groups excluding tert-OH is 1. The molecule has 4 spiro atoms. The zero-order valence-electron chi connectivity index (χ0n) is 76.3. The largest absolute Gasteiger partial charge is 0.490 e.